The standard InChI is InChI=1S/C17H21BrN2O2/c1-19-7-3-4-15(19)16-12-22-9-8-20(16)11-13-10-14(18)5-6-17(13)21-2/h3-7,10,16H,8-9,11-12H2,1-2H3/t16-/m0/s1. The van der Waals surface area contributed by atoms with Gasteiger partial charge in [0.05, 0.1) is 26.4 Å². The average Bonchev–Trinajstić information content (AvgIpc) is 2.94. The van der Waals surface area contributed by atoms with Crippen molar-refractivity contribution in [3.05, 3.63) is 52.3 Å². The molecule has 0 N–H and O–H groups in total. The van der Waals surface area contributed by atoms with Gasteiger partial charge in [0.2, 0.25) is 0 Å². The number of hydrogen-bond acceptors (Lipinski definition) is 3. The maximum absolute atomic E-state index is 5.71. The molecule has 1 saturated heterocycles. The molecule has 5 heteroatoms. The summed E-state index contributed by atoms with van der Waals surface area (Å²) in [5.74, 6) is 0.931. The highest BCUT2D eigenvalue weighted by molar-refractivity contribution is 9.10. The van der Waals surface area contributed by atoms with E-state index in [9.17, 15) is 0 Å². The zero-order chi connectivity index (χ0) is 15.5. The van der Waals surface area contributed by atoms with E-state index in [1.807, 2.05) is 12.1 Å². The van der Waals surface area contributed by atoms with Crippen LogP contribution < -0.4 is 4.74 Å². The molecule has 1 aliphatic heterocycles. The van der Waals surface area contributed by atoms with Crippen molar-refractivity contribution in [1.82, 2.24) is 9.47 Å². The highest BCUT2D eigenvalue weighted by Gasteiger charge is 2.27. The molecule has 118 valence electrons. The van der Waals surface area contributed by atoms with Gasteiger partial charge in [0.25, 0.3) is 0 Å². The lowest BCUT2D eigenvalue weighted by atomic mass is 10.1. The quantitative estimate of drug-likeness (QED) is 0.831. The van der Waals surface area contributed by atoms with Crippen LogP contribution in [0.5, 0.6) is 5.75 Å². The van der Waals surface area contributed by atoms with Gasteiger partial charge >= 0.3 is 0 Å². The SMILES string of the molecule is COc1ccc(Br)cc1CN1CCOC[C@H]1c1cccn1C. The van der Waals surface area contributed by atoms with Crippen LogP contribution in [0, 0.1) is 0 Å². The summed E-state index contributed by atoms with van der Waals surface area (Å²) >= 11 is 3.55. The molecule has 0 unspecified atom stereocenters. The van der Waals surface area contributed by atoms with Gasteiger partial charge < -0.3 is 14.0 Å². The van der Waals surface area contributed by atoms with E-state index in [0.717, 1.165) is 36.5 Å². The van der Waals surface area contributed by atoms with E-state index in [1.54, 1.807) is 7.11 Å². The Morgan fingerprint density at radius 2 is 2.23 bits per heavy atom. The van der Waals surface area contributed by atoms with E-state index in [4.69, 9.17) is 9.47 Å². The maximum atomic E-state index is 5.71. The molecular weight excluding hydrogens is 344 g/mol. The Labute approximate surface area is 139 Å². The Morgan fingerprint density at radius 1 is 1.36 bits per heavy atom. The van der Waals surface area contributed by atoms with Crippen molar-refractivity contribution in [2.24, 2.45) is 7.05 Å². The highest BCUT2D eigenvalue weighted by atomic mass is 79.9. The minimum absolute atomic E-state index is 0.275. The molecule has 1 atom stereocenters. The summed E-state index contributed by atoms with van der Waals surface area (Å²) in [6, 6.07) is 10.7. The lowest BCUT2D eigenvalue weighted by Crippen LogP contribution is -2.39. The molecule has 2 heterocycles. The van der Waals surface area contributed by atoms with Crippen LogP contribution in [0.1, 0.15) is 17.3 Å². The second kappa shape index (κ2) is 6.86. The van der Waals surface area contributed by atoms with Crippen LogP contribution >= 0.6 is 15.9 Å². The minimum Gasteiger partial charge on any atom is -0.496 e. The minimum atomic E-state index is 0.275. The van der Waals surface area contributed by atoms with Crippen molar-refractivity contribution < 1.29 is 9.47 Å². The Hall–Kier alpha value is -1.30. The first kappa shape index (κ1) is 15.6. The van der Waals surface area contributed by atoms with Crippen molar-refractivity contribution in [3.63, 3.8) is 0 Å². The van der Waals surface area contributed by atoms with Gasteiger partial charge in [-0.15, -0.1) is 0 Å². The molecule has 0 amide bonds. The van der Waals surface area contributed by atoms with E-state index in [1.165, 1.54) is 11.3 Å². The van der Waals surface area contributed by atoms with Gasteiger partial charge in [0, 0.05) is 42.1 Å². The summed E-state index contributed by atoms with van der Waals surface area (Å²) in [5.41, 5.74) is 2.48. The third-order valence-electron chi connectivity index (χ3n) is 4.18. The second-order valence-electron chi connectivity index (χ2n) is 5.56. The van der Waals surface area contributed by atoms with Crippen molar-refractivity contribution in [2.75, 3.05) is 26.9 Å². The Kier molecular flexibility index (Phi) is 4.86. The van der Waals surface area contributed by atoms with Crippen LogP contribution in [-0.2, 0) is 18.3 Å². The first-order valence-corrected chi connectivity index (χ1v) is 8.24. The molecule has 4 nitrogen and oxygen atoms in total. The van der Waals surface area contributed by atoms with E-state index in [0.29, 0.717) is 0 Å². The fraction of sp³-hybridized carbons (Fsp3) is 0.412. The topological polar surface area (TPSA) is 26.6 Å². The smallest absolute Gasteiger partial charge is 0.123 e. The van der Waals surface area contributed by atoms with Crippen LogP contribution in [-0.4, -0.2) is 36.3 Å². The van der Waals surface area contributed by atoms with Gasteiger partial charge in [-0.25, -0.2) is 0 Å². The molecule has 22 heavy (non-hydrogen) atoms. The predicted molar refractivity (Wildman–Crippen MR) is 90.1 cm³/mol. The summed E-state index contributed by atoms with van der Waals surface area (Å²) in [6.45, 7) is 3.28. The number of halogens is 1. The lowest BCUT2D eigenvalue weighted by molar-refractivity contribution is -0.0154. The van der Waals surface area contributed by atoms with Gasteiger partial charge in [0.15, 0.2) is 0 Å². The lowest BCUT2D eigenvalue weighted by Gasteiger charge is -2.36. The number of ether oxygens (including phenoxy) is 2. The van der Waals surface area contributed by atoms with Crippen molar-refractivity contribution in [2.45, 2.75) is 12.6 Å². The Bertz CT molecular complexity index is 641. The molecule has 2 aromatic rings. The van der Waals surface area contributed by atoms with Gasteiger partial charge in [-0.3, -0.25) is 4.90 Å². The molecule has 1 aliphatic rings. The third-order valence-corrected chi connectivity index (χ3v) is 4.67. The largest absolute Gasteiger partial charge is 0.496 e. The second-order valence-corrected chi connectivity index (χ2v) is 6.48. The number of methoxy groups -OCH3 is 1. The summed E-state index contributed by atoms with van der Waals surface area (Å²) < 4.78 is 14.5. The fourth-order valence-electron chi connectivity index (χ4n) is 3.01. The van der Waals surface area contributed by atoms with E-state index < -0.39 is 0 Å². The molecule has 0 radical (unpaired) electrons. The van der Waals surface area contributed by atoms with Crippen LogP contribution in [0.3, 0.4) is 0 Å². The summed E-state index contributed by atoms with van der Waals surface area (Å²) in [5, 5.41) is 0. The zero-order valence-corrected chi connectivity index (χ0v) is 14.5. The predicted octanol–water partition coefficient (Wildman–Crippen LogP) is 3.37. The molecule has 1 aromatic carbocycles. The van der Waals surface area contributed by atoms with Gasteiger partial charge in [-0.1, -0.05) is 15.9 Å². The summed E-state index contributed by atoms with van der Waals surface area (Å²) in [6.07, 6.45) is 2.09. The number of morpholine rings is 1. The Balaban J connectivity index is 1.86. The zero-order valence-electron chi connectivity index (χ0n) is 13.0. The average molecular weight is 365 g/mol. The molecule has 0 spiro atoms. The Morgan fingerprint density at radius 3 is 2.95 bits per heavy atom. The van der Waals surface area contributed by atoms with Crippen LogP contribution in [0.15, 0.2) is 41.0 Å². The monoisotopic (exact) mass is 364 g/mol. The highest BCUT2D eigenvalue weighted by Crippen LogP contribution is 2.30. The number of rotatable bonds is 4. The van der Waals surface area contributed by atoms with Crippen molar-refractivity contribution >= 4 is 15.9 Å². The van der Waals surface area contributed by atoms with E-state index in [-0.39, 0.29) is 6.04 Å². The third kappa shape index (κ3) is 3.21. The van der Waals surface area contributed by atoms with Gasteiger partial charge in [-0.2, -0.15) is 0 Å². The molecule has 1 fully saturated rings. The van der Waals surface area contributed by atoms with E-state index >= 15 is 0 Å². The molecule has 0 saturated carbocycles. The molecule has 3 rings (SSSR count). The van der Waals surface area contributed by atoms with Gasteiger partial charge in [0.1, 0.15) is 5.75 Å². The van der Waals surface area contributed by atoms with E-state index in [2.05, 4.69) is 56.8 Å². The molecule has 0 bridgehead atoms. The first-order chi connectivity index (χ1) is 10.7. The van der Waals surface area contributed by atoms with Crippen LogP contribution in [0.4, 0.5) is 0 Å². The van der Waals surface area contributed by atoms with Crippen molar-refractivity contribution in [3.8, 4) is 5.75 Å². The van der Waals surface area contributed by atoms with Crippen LogP contribution in [0.2, 0.25) is 0 Å². The number of hydrogen-bond donors (Lipinski definition) is 0. The van der Waals surface area contributed by atoms with Crippen molar-refractivity contribution in [1.29, 1.82) is 0 Å². The number of benzene rings is 1. The molecule has 1 aromatic heterocycles. The number of aromatic nitrogens is 1. The van der Waals surface area contributed by atoms with Crippen LogP contribution in [0.25, 0.3) is 0 Å². The summed E-state index contributed by atoms with van der Waals surface area (Å²) in [4.78, 5) is 2.46. The number of nitrogens with zero attached hydrogens (tertiary/aromatic N) is 2. The summed E-state index contributed by atoms with van der Waals surface area (Å²) in [7, 11) is 3.81. The maximum Gasteiger partial charge on any atom is 0.123 e. The number of aryl methyl sites for hydroxylation is 1. The first-order valence-electron chi connectivity index (χ1n) is 7.44. The van der Waals surface area contributed by atoms with Gasteiger partial charge in [-0.05, 0) is 30.3 Å². The molecule has 0 aliphatic carbocycles. The normalized spacial score (nSPS) is 19.3. The fourth-order valence-corrected chi connectivity index (χ4v) is 3.42. The molecular formula is C17H21BrN2O2.